The maximum atomic E-state index is 12.3. The molecule has 110 valence electrons. The molecule has 0 spiro atoms. The third kappa shape index (κ3) is 3.22. The van der Waals surface area contributed by atoms with Gasteiger partial charge in [0.1, 0.15) is 5.69 Å². The quantitative estimate of drug-likeness (QED) is 0.587. The molecular formula is C13H10F3N3O2. The van der Waals surface area contributed by atoms with Gasteiger partial charge in [0.25, 0.3) is 5.91 Å². The van der Waals surface area contributed by atoms with E-state index in [9.17, 15) is 23.1 Å². The first-order valence-corrected chi connectivity index (χ1v) is 5.71. The second-order valence-corrected chi connectivity index (χ2v) is 4.13. The van der Waals surface area contributed by atoms with Crippen molar-refractivity contribution >= 4 is 17.3 Å². The van der Waals surface area contributed by atoms with Crippen LogP contribution in [0.15, 0.2) is 36.5 Å². The van der Waals surface area contributed by atoms with Crippen molar-refractivity contribution in [1.82, 2.24) is 4.98 Å². The van der Waals surface area contributed by atoms with Gasteiger partial charge in [-0.25, -0.2) is 4.98 Å². The standard InChI is InChI=1S/C13H10F3N3O2/c14-13(15,16)10-5-4-7(6-18-10)19-12(21)8-2-1-3-9(17)11(8)20/h1-6,20H,17H2,(H,19,21). The van der Waals surface area contributed by atoms with E-state index >= 15 is 0 Å². The second kappa shape index (κ2) is 5.31. The number of anilines is 2. The number of benzene rings is 1. The number of nitrogens with two attached hydrogens (primary N) is 1. The molecule has 0 saturated carbocycles. The summed E-state index contributed by atoms with van der Waals surface area (Å²) in [6.45, 7) is 0. The van der Waals surface area contributed by atoms with Crippen LogP contribution in [0.5, 0.6) is 5.75 Å². The Kier molecular flexibility index (Phi) is 3.70. The smallest absolute Gasteiger partial charge is 0.433 e. The fourth-order valence-corrected chi connectivity index (χ4v) is 1.58. The number of hydrogen-bond donors (Lipinski definition) is 3. The molecule has 1 amide bonds. The highest BCUT2D eigenvalue weighted by Gasteiger charge is 2.32. The fourth-order valence-electron chi connectivity index (χ4n) is 1.58. The molecule has 1 aromatic carbocycles. The maximum Gasteiger partial charge on any atom is 0.433 e. The minimum absolute atomic E-state index is 0.0215. The topological polar surface area (TPSA) is 88.2 Å². The van der Waals surface area contributed by atoms with Crippen LogP contribution >= 0.6 is 0 Å². The van der Waals surface area contributed by atoms with Crippen molar-refractivity contribution in [2.75, 3.05) is 11.1 Å². The van der Waals surface area contributed by atoms with Crippen LogP contribution in [-0.2, 0) is 6.18 Å². The third-order valence-electron chi connectivity index (χ3n) is 2.62. The lowest BCUT2D eigenvalue weighted by Gasteiger charge is -2.09. The van der Waals surface area contributed by atoms with Crippen LogP contribution in [0.25, 0.3) is 0 Å². The summed E-state index contributed by atoms with van der Waals surface area (Å²) in [6, 6.07) is 6.02. The number of carbonyl (C=O) groups is 1. The lowest BCUT2D eigenvalue weighted by atomic mass is 10.1. The molecule has 2 rings (SSSR count). The van der Waals surface area contributed by atoms with Crippen LogP contribution in [0.4, 0.5) is 24.5 Å². The number of nitrogen functional groups attached to an aromatic ring is 1. The number of aromatic hydroxyl groups is 1. The molecule has 21 heavy (non-hydrogen) atoms. The molecule has 2 aromatic rings. The average Bonchev–Trinajstić information content (AvgIpc) is 2.41. The number of nitrogens with one attached hydrogen (secondary N) is 1. The van der Waals surface area contributed by atoms with E-state index < -0.39 is 23.5 Å². The van der Waals surface area contributed by atoms with Gasteiger partial charge in [-0.15, -0.1) is 0 Å². The number of para-hydroxylation sites is 1. The van der Waals surface area contributed by atoms with Gasteiger partial charge in [-0.05, 0) is 24.3 Å². The first-order chi connectivity index (χ1) is 9.79. The van der Waals surface area contributed by atoms with Crippen molar-refractivity contribution < 1.29 is 23.1 Å². The molecule has 0 atom stereocenters. The van der Waals surface area contributed by atoms with E-state index in [-0.39, 0.29) is 16.9 Å². The number of rotatable bonds is 2. The number of alkyl halides is 3. The summed E-state index contributed by atoms with van der Waals surface area (Å²) < 4.78 is 37.0. The first-order valence-electron chi connectivity index (χ1n) is 5.71. The van der Waals surface area contributed by atoms with Crippen LogP contribution in [0, 0.1) is 0 Å². The Morgan fingerprint density at radius 2 is 1.95 bits per heavy atom. The van der Waals surface area contributed by atoms with E-state index in [0.29, 0.717) is 0 Å². The van der Waals surface area contributed by atoms with Crippen LogP contribution in [0.3, 0.4) is 0 Å². The molecule has 1 aromatic heterocycles. The number of hydrogen-bond acceptors (Lipinski definition) is 4. The van der Waals surface area contributed by atoms with Gasteiger partial charge in [-0.1, -0.05) is 6.07 Å². The van der Waals surface area contributed by atoms with Gasteiger partial charge < -0.3 is 16.2 Å². The van der Waals surface area contributed by atoms with Gasteiger partial charge in [0.2, 0.25) is 0 Å². The maximum absolute atomic E-state index is 12.3. The zero-order valence-corrected chi connectivity index (χ0v) is 10.5. The average molecular weight is 297 g/mol. The summed E-state index contributed by atoms with van der Waals surface area (Å²) in [7, 11) is 0. The number of halogens is 3. The van der Waals surface area contributed by atoms with Crippen molar-refractivity contribution in [3.8, 4) is 5.75 Å². The lowest BCUT2D eigenvalue weighted by molar-refractivity contribution is -0.141. The molecular weight excluding hydrogens is 287 g/mol. The van der Waals surface area contributed by atoms with Gasteiger partial charge >= 0.3 is 6.18 Å². The number of nitrogens with zero attached hydrogens (tertiary/aromatic N) is 1. The van der Waals surface area contributed by atoms with Crippen molar-refractivity contribution in [3.05, 3.63) is 47.8 Å². The summed E-state index contributed by atoms with van der Waals surface area (Å²) in [6.07, 6.45) is -3.67. The normalized spacial score (nSPS) is 11.2. The van der Waals surface area contributed by atoms with E-state index in [4.69, 9.17) is 5.73 Å². The van der Waals surface area contributed by atoms with Gasteiger partial charge in [0.05, 0.1) is 23.1 Å². The Bertz CT molecular complexity index is 669. The van der Waals surface area contributed by atoms with Crippen molar-refractivity contribution in [1.29, 1.82) is 0 Å². The molecule has 0 aliphatic carbocycles. The van der Waals surface area contributed by atoms with Crippen LogP contribution in [0.2, 0.25) is 0 Å². The number of amides is 1. The summed E-state index contributed by atoms with van der Waals surface area (Å²) in [5.74, 6) is -1.10. The molecule has 0 bridgehead atoms. The van der Waals surface area contributed by atoms with Crippen molar-refractivity contribution in [2.24, 2.45) is 0 Å². The van der Waals surface area contributed by atoms with Crippen LogP contribution < -0.4 is 11.1 Å². The molecule has 0 radical (unpaired) electrons. The van der Waals surface area contributed by atoms with Crippen molar-refractivity contribution in [3.63, 3.8) is 0 Å². The van der Waals surface area contributed by atoms with E-state index in [1.54, 1.807) is 0 Å². The molecule has 4 N–H and O–H groups in total. The summed E-state index contributed by atoms with van der Waals surface area (Å²) in [4.78, 5) is 15.1. The Morgan fingerprint density at radius 3 is 2.52 bits per heavy atom. The second-order valence-electron chi connectivity index (χ2n) is 4.13. The minimum atomic E-state index is -4.55. The van der Waals surface area contributed by atoms with E-state index in [1.807, 2.05) is 0 Å². The zero-order valence-electron chi connectivity index (χ0n) is 10.5. The Balaban J connectivity index is 2.18. The minimum Gasteiger partial charge on any atom is -0.505 e. The predicted octanol–water partition coefficient (Wildman–Crippen LogP) is 2.64. The SMILES string of the molecule is Nc1cccc(C(=O)Nc2ccc(C(F)(F)F)nc2)c1O. The Labute approximate surface area is 117 Å². The molecule has 0 saturated heterocycles. The molecule has 0 aliphatic rings. The molecule has 0 aliphatic heterocycles. The highest BCUT2D eigenvalue weighted by Crippen LogP contribution is 2.28. The number of carbonyl (C=O) groups excluding carboxylic acids is 1. The number of phenols is 1. The number of phenolic OH excluding ortho intramolecular Hbond substituents is 1. The van der Waals surface area contributed by atoms with E-state index in [2.05, 4.69) is 10.3 Å². The number of pyridine rings is 1. The molecule has 0 unspecified atom stereocenters. The van der Waals surface area contributed by atoms with E-state index in [1.165, 1.54) is 18.2 Å². The Hall–Kier alpha value is -2.77. The summed E-state index contributed by atoms with van der Waals surface area (Å²) in [5, 5.41) is 12.0. The van der Waals surface area contributed by atoms with Gasteiger partial charge in [0.15, 0.2) is 5.75 Å². The highest BCUT2D eigenvalue weighted by molar-refractivity contribution is 6.07. The molecule has 1 heterocycles. The lowest BCUT2D eigenvalue weighted by Crippen LogP contribution is -2.14. The first kappa shape index (κ1) is 14.6. The predicted molar refractivity (Wildman–Crippen MR) is 69.7 cm³/mol. The molecule has 5 nitrogen and oxygen atoms in total. The summed E-state index contributed by atoms with van der Waals surface area (Å²) in [5.41, 5.74) is 4.39. The van der Waals surface area contributed by atoms with Crippen LogP contribution in [-0.4, -0.2) is 16.0 Å². The van der Waals surface area contributed by atoms with Gasteiger partial charge in [-0.3, -0.25) is 4.79 Å². The largest absolute Gasteiger partial charge is 0.505 e. The fraction of sp³-hybridized carbons (Fsp3) is 0.0769. The molecule has 0 fully saturated rings. The highest BCUT2D eigenvalue weighted by atomic mass is 19.4. The van der Waals surface area contributed by atoms with E-state index in [0.717, 1.165) is 18.3 Å². The monoisotopic (exact) mass is 297 g/mol. The van der Waals surface area contributed by atoms with Crippen LogP contribution in [0.1, 0.15) is 16.1 Å². The number of aromatic nitrogens is 1. The Morgan fingerprint density at radius 1 is 1.24 bits per heavy atom. The van der Waals surface area contributed by atoms with Gasteiger partial charge in [0, 0.05) is 0 Å². The van der Waals surface area contributed by atoms with Gasteiger partial charge in [-0.2, -0.15) is 13.2 Å². The summed E-state index contributed by atoms with van der Waals surface area (Å²) >= 11 is 0. The zero-order chi connectivity index (χ0) is 15.6. The van der Waals surface area contributed by atoms with Crippen molar-refractivity contribution in [2.45, 2.75) is 6.18 Å². The third-order valence-corrected chi connectivity index (χ3v) is 2.62. The molecule has 8 heteroatoms.